The summed E-state index contributed by atoms with van der Waals surface area (Å²) in [6.07, 6.45) is 14.2. The van der Waals surface area contributed by atoms with Crippen LogP contribution in [0.2, 0.25) is 0 Å². The predicted molar refractivity (Wildman–Crippen MR) is 120 cm³/mol. The minimum Gasteiger partial charge on any atom is -0.411 e. The Morgan fingerprint density at radius 2 is 1.07 bits per heavy atom. The van der Waals surface area contributed by atoms with E-state index in [1.165, 1.54) is 58.1 Å². The van der Waals surface area contributed by atoms with E-state index < -0.39 is 0 Å². The van der Waals surface area contributed by atoms with Crippen molar-refractivity contribution in [2.24, 2.45) is 32.5 Å². The Balaban J connectivity index is 0. The van der Waals surface area contributed by atoms with Gasteiger partial charge in [0.25, 0.3) is 0 Å². The Morgan fingerprint density at radius 1 is 0.690 bits per heavy atom. The molecule has 0 radical (unpaired) electrons. The second-order valence-electron chi connectivity index (χ2n) is 6.38. The van der Waals surface area contributed by atoms with Crippen molar-refractivity contribution in [3.05, 3.63) is 0 Å². The first-order valence-electron chi connectivity index (χ1n) is 10.9. The van der Waals surface area contributed by atoms with Crippen LogP contribution in [0.4, 0.5) is 0 Å². The molecule has 0 spiro atoms. The van der Waals surface area contributed by atoms with Gasteiger partial charge in [-0.1, -0.05) is 86.8 Å². The third-order valence-electron chi connectivity index (χ3n) is 4.74. The third-order valence-corrected chi connectivity index (χ3v) is 4.74. The van der Waals surface area contributed by atoms with Crippen molar-refractivity contribution in [3.63, 3.8) is 0 Å². The second kappa shape index (κ2) is 22.2. The highest BCUT2D eigenvalue weighted by atomic mass is 16.6. The van der Waals surface area contributed by atoms with E-state index in [-0.39, 0.29) is 5.92 Å². The Hall–Kier alpha value is -2.12. The van der Waals surface area contributed by atoms with Crippen LogP contribution in [0.3, 0.4) is 0 Å². The average molecular weight is 415 g/mol. The topological polar surface area (TPSA) is 119 Å². The molecule has 3 N–H and O–H groups in total. The van der Waals surface area contributed by atoms with Gasteiger partial charge in [0.2, 0.25) is 0 Å². The van der Waals surface area contributed by atoms with E-state index in [0.717, 1.165) is 31.4 Å². The summed E-state index contributed by atoms with van der Waals surface area (Å²) < 4.78 is 0. The zero-order valence-corrected chi connectivity index (χ0v) is 18.9. The molecular weight excluding hydrogens is 372 g/mol. The molecule has 2 aliphatic rings. The van der Waals surface area contributed by atoms with Crippen LogP contribution in [-0.4, -0.2) is 46.6 Å². The van der Waals surface area contributed by atoms with Crippen LogP contribution in [0.5, 0.6) is 0 Å². The smallest absolute Gasteiger partial charge is 0.106 e. The quantitative estimate of drug-likeness (QED) is 0.293. The van der Waals surface area contributed by atoms with Crippen molar-refractivity contribution in [2.45, 2.75) is 91.9 Å². The Labute approximate surface area is 176 Å². The Kier molecular flexibility index (Phi) is 22.2. The molecule has 2 fully saturated rings. The fraction of sp³-hybridized carbons (Fsp3) is 0.810. The van der Waals surface area contributed by atoms with Crippen molar-refractivity contribution in [1.82, 2.24) is 0 Å². The second-order valence-corrected chi connectivity index (χ2v) is 6.38. The summed E-state index contributed by atoms with van der Waals surface area (Å²) in [6, 6.07) is 0. The first-order valence-corrected chi connectivity index (χ1v) is 10.9. The molecule has 2 saturated carbocycles. The largest absolute Gasteiger partial charge is 0.411 e. The SMILES string of the molecule is CC.CC.CO/N=C(/C=NO)C1CCCCC1.ON=C/C(=N/O)C1CCCCC1. The van der Waals surface area contributed by atoms with E-state index in [1.54, 1.807) is 0 Å². The lowest BCUT2D eigenvalue weighted by Gasteiger charge is -2.20. The zero-order chi connectivity index (χ0) is 22.3. The van der Waals surface area contributed by atoms with E-state index in [2.05, 4.69) is 20.6 Å². The van der Waals surface area contributed by atoms with Gasteiger partial charge in [-0.25, -0.2) is 0 Å². The van der Waals surface area contributed by atoms with Gasteiger partial charge in [-0.05, 0) is 25.7 Å². The molecule has 0 aromatic heterocycles. The van der Waals surface area contributed by atoms with Gasteiger partial charge in [0.05, 0.1) is 12.4 Å². The summed E-state index contributed by atoms with van der Waals surface area (Å²) in [5.74, 6) is 0.684. The van der Waals surface area contributed by atoms with Gasteiger partial charge < -0.3 is 20.5 Å². The van der Waals surface area contributed by atoms with Gasteiger partial charge in [-0.15, -0.1) is 0 Å². The summed E-state index contributed by atoms with van der Waals surface area (Å²) in [6.45, 7) is 8.00. The fourth-order valence-corrected chi connectivity index (χ4v) is 3.44. The van der Waals surface area contributed by atoms with Gasteiger partial charge in [0, 0.05) is 11.8 Å². The molecule has 0 bridgehead atoms. The summed E-state index contributed by atoms with van der Waals surface area (Å²) >= 11 is 0. The molecule has 2 aliphatic carbocycles. The van der Waals surface area contributed by atoms with Crippen LogP contribution in [0.1, 0.15) is 91.9 Å². The Morgan fingerprint density at radius 3 is 1.41 bits per heavy atom. The molecule has 0 heterocycles. The lowest BCUT2D eigenvalue weighted by molar-refractivity contribution is 0.210. The maximum absolute atomic E-state index is 8.59. The molecule has 170 valence electrons. The van der Waals surface area contributed by atoms with E-state index >= 15 is 0 Å². The van der Waals surface area contributed by atoms with Crippen LogP contribution >= 0.6 is 0 Å². The zero-order valence-electron chi connectivity index (χ0n) is 18.9. The van der Waals surface area contributed by atoms with Gasteiger partial charge in [0.15, 0.2) is 0 Å². The monoisotopic (exact) mass is 414 g/mol. The average Bonchev–Trinajstić information content (AvgIpc) is 2.81. The molecule has 0 amide bonds. The molecule has 8 nitrogen and oxygen atoms in total. The Bertz CT molecular complexity index is 467. The molecule has 2 rings (SSSR count). The molecule has 0 aromatic rings. The van der Waals surface area contributed by atoms with Crippen molar-refractivity contribution in [2.75, 3.05) is 7.11 Å². The molecule has 0 atom stereocenters. The predicted octanol–water partition coefficient (Wildman–Crippen LogP) is 5.94. The van der Waals surface area contributed by atoms with Crippen molar-refractivity contribution < 1.29 is 20.5 Å². The maximum atomic E-state index is 8.59. The lowest BCUT2D eigenvalue weighted by atomic mass is 9.86. The normalized spacial score (nSPS) is 18.8. The van der Waals surface area contributed by atoms with E-state index in [1.807, 2.05) is 27.7 Å². The van der Waals surface area contributed by atoms with Gasteiger partial charge in [0.1, 0.15) is 18.5 Å². The van der Waals surface area contributed by atoms with E-state index in [4.69, 9.17) is 20.5 Å². The van der Waals surface area contributed by atoms with Crippen LogP contribution in [0.15, 0.2) is 20.6 Å². The van der Waals surface area contributed by atoms with E-state index in [9.17, 15) is 0 Å². The number of nitrogens with zero attached hydrogens (tertiary/aromatic N) is 4. The highest BCUT2D eigenvalue weighted by molar-refractivity contribution is 6.31. The molecule has 0 unspecified atom stereocenters. The molecule has 29 heavy (non-hydrogen) atoms. The van der Waals surface area contributed by atoms with Crippen molar-refractivity contribution >= 4 is 23.9 Å². The summed E-state index contributed by atoms with van der Waals surface area (Å²) in [4.78, 5) is 4.70. The molecular formula is C21H42N4O4. The fourth-order valence-electron chi connectivity index (χ4n) is 3.44. The summed E-state index contributed by atoms with van der Waals surface area (Å²) in [7, 11) is 1.51. The van der Waals surface area contributed by atoms with E-state index in [0.29, 0.717) is 11.6 Å². The minimum atomic E-state index is 0.277. The van der Waals surface area contributed by atoms with Crippen LogP contribution in [-0.2, 0) is 4.84 Å². The lowest BCUT2D eigenvalue weighted by Crippen LogP contribution is -2.19. The van der Waals surface area contributed by atoms with Gasteiger partial charge in [-0.2, -0.15) is 0 Å². The molecule has 0 aliphatic heterocycles. The third kappa shape index (κ3) is 13.7. The minimum absolute atomic E-state index is 0.277. The van der Waals surface area contributed by atoms with Crippen molar-refractivity contribution in [3.8, 4) is 0 Å². The number of oxime groups is 4. The summed E-state index contributed by atoms with van der Waals surface area (Å²) in [5, 5.41) is 38.1. The van der Waals surface area contributed by atoms with Gasteiger partial charge >= 0.3 is 0 Å². The van der Waals surface area contributed by atoms with Gasteiger partial charge in [-0.3, -0.25) is 0 Å². The highest BCUT2D eigenvalue weighted by Crippen LogP contribution is 2.25. The first kappa shape index (κ1) is 29.1. The number of hydrogen-bond donors (Lipinski definition) is 3. The highest BCUT2D eigenvalue weighted by Gasteiger charge is 2.19. The standard InChI is InChI=1S/C9H16N2O2.C8H14N2O2.2C2H6/c1-13-11-9(7-10-12)8-5-3-2-4-6-8;11-9-6-8(10-12)7-4-2-1-3-5-7;2*1-2/h7-8,12H,2-6H2,1H3;6-7,11-12H,1-5H2;2*1-2H3/b10-7?,11-9-;9-6?,10-8-;;. The molecule has 0 aromatic carbocycles. The van der Waals surface area contributed by atoms with Crippen molar-refractivity contribution in [1.29, 1.82) is 0 Å². The summed E-state index contributed by atoms with van der Waals surface area (Å²) in [5.41, 5.74) is 1.25. The van der Waals surface area contributed by atoms with Crippen LogP contribution in [0, 0.1) is 11.8 Å². The number of hydrogen-bond acceptors (Lipinski definition) is 8. The maximum Gasteiger partial charge on any atom is 0.106 e. The van der Waals surface area contributed by atoms with Crippen LogP contribution in [0.25, 0.3) is 0 Å². The molecule has 0 saturated heterocycles. The first-order chi connectivity index (χ1) is 14.3. The molecule has 8 heteroatoms. The van der Waals surface area contributed by atoms with Crippen LogP contribution < -0.4 is 0 Å². The number of rotatable bonds is 5.